The van der Waals surface area contributed by atoms with E-state index in [9.17, 15) is 15.0 Å². The Morgan fingerprint density at radius 1 is 1.25 bits per heavy atom. The lowest BCUT2D eigenvalue weighted by molar-refractivity contribution is -0.122. The quantitative estimate of drug-likeness (QED) is 0.369. The third-order valence-corrected chi connectivity index (χ3v) is 3.24. The van der Waals surface area contributed by atoms with Gasteiger partial charge in [-0.05, 0) is 12.8 Å². The molecule has 4 atom stereocenters. The molecule has 1 saturated heterocycles. The average Bonchev–Trinajstić information content (AvgIpc) is 3.07. The van der Waals surface area contributed by atoms with E-state index in [4.69, 9.17) is 5.11 Å². The summed E-state index contributed by atoms with van der Waals surface area (Å²) < 4.78 is 0. The van der Waals surface area contributed by atoms with Gasteiger partial charge in [0.2, 0.25) is 5.91 Å². The van der Waals surface area contributed by atoms with Crippen LogP contribution in [0.4, 0.5) is 0 Å². The fraction of sp³-hybridized carbons (Fsp3) is 0.900. The zero-order valence-corrected chi connectivity index (χ0v) is 8.97. The van der Waals surface area contributed by atoms with E-state index in [0.717, 1.165) is 12.8 Å². The summed E-state index contributed by atoms with van der Waals surface area (Å²) >= 11 is 0. The van der Waals surface area contributed by atoms with Gasteiger partial charge in [0.1, 0.15) is 0 Å². The predicted molar refractivity (Wildman–Crippen MR) is 55.5 cm³/mol. The summed E-state index contributed by atoms with van der Waals surface area (Å²) in [6, 6.07) is -0.910. The minimum Gasteiger partial charge on any atom is -0.395 e. The van der Waals surface area contributed by atoms with Crippen LogP contribution in [0.2, 0.25) is 0 Å². The summed E-state index contributed by atoms with van der Waals surface area (Å²) in [6.07, 6.45) is -0.0487. The molecule has 0 radical (unpaired) electrons. The van der Waals surface area contributed by atoms with Gasteiger partial charge in [-0.1, -0.05) is 0 Å². The molecule has 6 nitrogen and oxygen atoms in total. The van der Waals surface area contributed by atoms with E-state index < -0.39 is 24.3 Å². The number of hydrogen-bond donors (Lipinski definition) is 5. The van der Waals surface area contributed by atoms with E-state index in [2.05, 4.69) is 10.6 Å². The Kier molecular flexibility index (Phi) is 3.44. The Bertz CT molecular complexity index is 270. The van der Waals surface area contributed by atoms with Gasteiger partial charge in [-0.25, -0.2) is 0 Å². The zero-order chi connectivity index (χ0) is 11.7. The van der Waals surface area contributed by atoms with E-state index in [1.807, 2.05) is 0 Å². The van der Waals surface area contributed by atoms with Gasteiger partial charge in [0.15, 0.2) is 0 Å². The van der Waals surface area contributed by atoms with Gasteiger partial charge in [-0.2, -0.15) is 0 Å². The van der Waals surface area contributed by atoms with Gasteiger partial charge in [0.25, 0.3) is 0 Å². The van der Waals surface area contributed by atoms with Crippen LogP contribution in [-0.2, 0) is 4.79 Å². The molecule has 2 rings (SSSR count). The summed E-state index contributed by atoms with van der Waals surface area (Å²) in [7, 11) is 0. The molecule has 2 fully saturated rings. The third-order valence-electron chi connectivity index (χ3n) is 3.24. The first-order chi connectivity index (χ1) is 7.63. The fourth-order valence-corrected chi connectivity index (χ4v) is 1.99. The molecule has 1 aliphatic heterocycles. The van der Waals surface area contributed by atoms with Crippen molar-refractivity contribution in [3.8, 4) is 0 Å². The second kappa shape index (κ2) is 4.67. The van der Waals surface area contributed by atoms with Crippen molar-refractivity contribution >= 4 is 5.91 Å². The second-order valence-electron chi connectivity index (χ2n) is 4.56. The number of hydrogen-bond acceptors (Lipinski definition) is 5. The lowest BCUT2D eigenvalue weighted by atomic mass is 10.1. The lowest BCUT2D eigenvalue weighted by Crippen LogP contribution is -2.44. The van der Waals surface area contributed by atoms with Crippen molar-refractivity contribution in [3.05, 3.63) is 0 Å². The van der Waals surface area contributed by atoms with Crippen LogP contribution in [0.15, 0.2) is 0 Å². The van der Waals surface area contributed by atoms with Gasteiger partial charge in [-0.15, -0.1) is 0 Å². The molecule has 0 spiro atoms. The lowest BCUT2D eigenvalue weighted by Gasteiger charge is -2.16. The molecule has 0 bridgehead atoms. The first-order valence-corrected chi connectivity index (χ1v) is 5.64. The summed E-state index contributed by atoms with van der Waals surface area (Å²) in [5.74, 6) is 0.146. The van der Waals surface area contributed by atoms with Crippen LogP contribution in [-0.4, -0.2) is 58.7 Å². The molecule has 0 unspecified atom stereocenters. The van der Waals surface area contributed by atoms with Crippen molar-refractivity contribution in [2.75, 3.05) is 13.2 Å². The molecule has 1 amide bonds. The molecule has 6 heteroatoms. The maximum Gasteiger partial charge on any atom is 0.223 e. The molecule has 5 N–H and O–H groups in total. The maximum absolute atomic E-state index is 11.4. The molecule has 92 valence electrons. The van der Waals surface area contributed by atoms with Gasteiger partial charge in [0.05, 0.1) is 30.9 Å². The van der Waals surface area contributed by atoms with Crippen LogP contribution in [0, 0.1) is 5.92 Å². The zero-order valence-electron chi connectivity index (χ0n) is 8.97. The third kappa shape index (κ3) is 2.35. The van der Waals surface area contributed by atoms with Crippen molar-refractivity contribution in [2.24, 2.45) is 5.92 Å². The molecule has 1 heterocycles. The highest BCUT2D eigenvalue weighted by atomic mass is 16.3. The van der Waals surface area contributed by atoms with Crippen molar-refractivity contribution < 1.29 is 20.1 Å². The molecule has 1 saturated carbocycles. The standard InChI is InChI=1S/C10H18N2O4/c13-4-7-9(15)8(14)6(12-7)3-11-10(16)5-1-2-5/h5-9,12-15H,1-4H2,(H,11,16)/t6-,7-,8-,9-/m1/s1. The predicted octanol–water partition coefficient (Wildman–Crippen LogP) is -2.43. The Hall–Kier alpha value is -0.690. The van der Waals surface area contributed by atoms with E-state index in [0.29, 0.717) is 0 Å². The molecular weight excluding hydrogens is 212 g/mol. The monoisotopic (exact) mass is 230 g/mol. The first-order valence-electron chi connectivity index (χ1n) is 5.64. The average molecular weight is 230 g/mol. The van der Waals surface area contributed by atoms with Gasteiger partial charge < -0.3 is 26.0 Å². The van der Waals surface area contributed by atoms with E-state index in [-0.39, 0.29) is 25.0 Å². The van der Waals surface area contributed by atoms with Gasteiger partial charge >= 0.3 is 0 Å². The van der Waals surface area contributed by atoms with Crippen molar-refractivity contribution in [1.82, 2.24) is 10.6 Å². The summed E-state index contributed by atoms with van der Waals surface area (Å²) in [5.41, 5.74) is 0. The number of carbonyl (C=O) groups excluding carboxylic acids is 1. The number of carbonyl (C=O) groups is 1. The van der Waals surface area contributed by atoms with Crippen molar-refractivity contribution in [1.29, 1.82) is 0 Å². The number of amides is 1. The molecule has 1 aliphatic carbocycles. The molecule has 16 heavy (non-hydrogen) atoms. The SMILES string of the molecule is O=C(NC[C@H]1N[C@H](CO)[C@@H](O)[C@@H]1O)C1CC1. The second-order valence-corrected chi connectivity index (χ2v) is 4.56. The molecule has 2 aliphatic rings. The normalized spacial score (nSPS) is 38.7. The minimum absolute atomic E-state index is 0.0101. The van der Waals surface area contributed by atoms with Crippen LogP contribution < -0.4 is 10.6 Å². The number of aliphatic hydroxyl groups is 3. The molecular formula is C10H18N2O4. The summed E-state index contributed by atoms with van der Waals surface area (Å²) in [4.78, 5) is 11.4. The molecule has 0 aromatic carbocycles. The topological polar surface area (TPSA) is 102 Å². The fourth-order valence-electron chi connectivity index (χ4n) is 1.99. The Labute approximate surface area is 93.7 Å². The van der Waals surface area contributed by atoms with Crippen LogP contribution in [0.3, 0.4) is 0 Å². The van der Waals surface area contributed by atoms with Gasteiger partial charge in [-0.3, -0.25) is 4.79 Å². The van der Waals surface area contributed by atoms with Crippen LogP contribution in [0.5, 0.6) is 0 Å². The molecule has 0 aromatic heterocycles. The maximum atomic E-state index is 11.4. The molecule has 0 aromatic rings. The Morgan fingerprint density at radius 2 is 1.88 bits per heavy atom. The van der Waals surface area contributed by atoms with E-state index >= 15 is 0 Å². The first kappa shape index (κ1) is 11.8. The van der Waals surface area contributed by atoms with Crippen molar-refractivity contribution in [3.63, 3.8) is 0 Å². The Morgan fingerprint density at radius 3 is 2.38 bits per heavy atom. The van der Waals surface area contributed by atoms with Crippen LogP contribution in [0.1, 0.15) is 12.8 Å². The largest absolute Gasteiger partial charge is 0.395 e. The van der Waals surface area contributed by atoms with Crippen LogP contribution >= 0.6 is 0 Å². The van der Waals surface area contributed by atoms with Crippen LogP contribution in [0.25, 0.3) is 0 Å². The minimum atomic E-state index is -0.979. The summed E-state index contributed by atoms with van der Waals surface area (Å²) in [5, 5.41) is 33.7. The smallest absolute Gasteiger partial charge is 0.223 e. The van der Waals surface area contributed by atoms with Gasteiger partial charge in [0, 0.05) is 12.5 Å². The van der Waals surface area contributed by atoms with Crippen molar-refractivity contribution in [2.45, 2.75) is 37.1 Å². The highest BCUT2D eigenvalue weighted by Gasteiger charge is 2.41. The number of rotatable bonds is 4. The van der Waals surface area contributed by atoms with E-state index in [1.54, 1.807) is 0 Å². The Balaban J connectivity index is 1.79. The summed E-state index contributed by atoms with van der Waals surface area (Å²) in [6.45, 7) is 0.0510. The van der Waals surface area contributed by atoms with E-state index in [1.165, 1.54) is 0 Å². The highest BCUT2D eigenvalue weighted by Crippen LogP contribution is 2.28. The number of aliphatic hydroxyl groups excluding tert-OH is 3. The highest BCUT2D eigenvalue weighted by molar-refractivity contribution is 5.80. The number of nitrogens with one attached hydrogen (secondary N) is 2.